The van der Waals surface area contributed by atoms with Gasteiger partial charge in [-0.25, -0.2) is 0 Å². The molecule has 0 saturated carbocycles. The third kappa shape index (κ3) is 4.39. The van der Waals surface area contributed by atoms with Crippen LogP contribution in [-0.2, 0) is 0 Å². The van der Waals surface area contributed by atoms with Crippen molar-refractivity contribution in [2.45, 2.75) is 25.4 Å². The zero-order valence-corrected chi connectivity index (χ0v) is 5.93. The highest BCUT2D eigenvalue weighted by Gasteiger charge is 2.16. The van der Waals surface area contributed by atoms with E-state index >= 15 is 0 Å². The lowest BCUT2D eigenvalue weighted by molar-refractivity contribution is 0.0471. The Morgan fingerprint density at radius 3 is 1.78 bits per heavy atom. The molecule has 0 atom stereocenters. The van der Waals surface area contributed by atoms with Crippen LogP contribution in [0.1, 0.15) is 19.8 Å². The molecule has 0 aromatic carbocycles. The van der Waals surface area contributed by atoms with Gasteiger partial charge in [-0.05, 0) is 32.9 Å². The largest absolute Gasteiger partial charge is 0.390 e. The first kappa shape index (κ1) is 8.88. The summed E-state index contributed by atoms with van der Waals surface area (Å²) in [4.78, 5) is 0. The molecule has 0 aliphatic heterocycles. The normalized spacial score (nSPS) is 12.0. The van der Waals surface area contributed by atoms with Crippen LogP contribution in [0.3, 0.4) is 0 Å². The fourth-order valence-corrected chi connectivity index (χ4v) is 0.747. The van der Waals surface area contributed by atoms with Gasteiger partial charge in [0.1, 0.15) is 0 Å². The quantitative estimate of drug-likeness (QED) is 0.480. The van der Waals surface area contributed by atoms with Gasteiger partial charge in [0, 0.05) is 0 Å². The third-order valence-corrected chi connectivity index (χ3v) is 1.37. The Morgan fingerprint density at radius 1 is 1.22 bits per heavy atom. The van der Waals surface area contributed by atoms with Crippen LogP contribution in [0.5, 0.6) is 0 Å². The molecule has 0 bridgehead atoms. The third-order valence-electron chi connectivity index (χ3n) is 1.37. The summed E-state index contributed by atoms with van der Waals surface area (Å²) in [6, 6.07) is 0. The van der Waals surface area contributed by atoms with Crippen LogP contribution in [0.4, 0.5) is 0 Å². The maximum absolute atomic E-state index is 9.35. The highest BCUT2D eigenvalue weighted by molar-refractivity contribution is 4.72. The van der Waals surface area contributed by atoms with Crippen LogP contribution in [0.2, 0.25) is 0 Å². The Morgan fingerprint density at radius 2 is 1.56 bits per heavy atom. The van der Waals surface area contributed by atoms with E-state index in [1.165, 1.54) is 0 Å². The Bertz CT molecular complexity index is 65.5. The Labute approximate surface area is 56.0 Å². The lowest BCUT2D eigenvalue weighted by atomic mass is 9.99. The van der Waals surface area contributed by atoms with Gasteiger partial charge in [0.25, 0.3) is 0 Å². The minimum Gasteiger partial charge on any atom is -0.390 e. The summed E-state index contributed by atoms with van der Waals surface area (Å²) in [5, 5.41) is 9.35. The predicted octanol–water partition coefficient (Wildman–Crippen LogP) is -0.565. The summed E-state index contributed by atoms with van der Waals surface area (Å²) in [5.41, 5.74) is 9.84. The first-order valence-electron chi connectivity index (χ1n) is 3.25. The monoisotopic (exact) mass is 132 g/mol. The van der Waals surface area contributed by atoms with Gasteiger partial charge in [-0.15, -0.1) is 0 Å². The molecule has 0 aromatic rings. The molecule has 3 heteroatoms. The molecule has 3 nitrogen and oxygen atoms in total. The molecular formula is C6H16N2O. The highest BCUT2D eigenvalue weighted by Crippen LogP contribution is 2.10. The molecule has 56 valence electrons. The zero-order chi connectivity index (χ0) is 7.33. The van der Waals surface area contributed by atoms with Crippen LogP contribution >= 0.6 is 0 Å². The Kier molecular flexibility index (Phi) is 3.77. The van der Waals surface area contributed by atoms with E-state index in [-0.39, 0.29) is 0 Å². The number of hydrogen-bond acceptors (Lipinski definition) is 3. The van der Waals surface area contributed by atoms with Gasteiger partial charge in [0.15, 0.2) is 0 Å². The van der Waals surface area contributed by atoms with Gasteiger partial charge in [0.05, 0.1) is 5.60 Å². The van der Waals surface area contributed by atoms with Gasteiger partial charge >= 0.3 is 0 Å². The van der Waals surface area contributed by atoms with Crippen LogP contribution in [0, 0.1) is 0 Å². The molecule has 0 spiro atoms. The Balaban J connectivity index is 3.43. The van der Waals surface area contributed by atoms with E-state index in [0.717, 1.165) is 0 Å². The molecule has 9 heavy (non-hydrogen) atoms. The van der Waals surface area contributed by atoms with E-state index in [1.807, 2.05) is 0 Å². The van der Waals surface area contributed by atoms with E-state index in [2.05, 4.69) is 0 Å². The lowest BCUT2D eigenvalue weighted by Crippen LogP contribution is -2.30. The summed E-state index contributed by atoms with van der Waals surface area (Å²) < 4.78 is 0. The van der Waals surface area contributed by atoms with E-state index in [9.17, 15) is 5.11 Å². The molecule has 0 amide bonds. The molecule has 0 aliphatic rings. The molecule has 0 rings (SSSR count). The second kappa shape index (κ2) is 3.82. The number of aliphatic hydroxyl groups is 1. The highest BCUT2D eigenvalue weighted by atomic mass is 16.3. The molecule has 0 fully saturated rings. The summed E-state index contributed by atoms with van der Waals surface area (Å²) >= 11 is 0. The molecule has 0 radical (unpaired) electrons. The smallest absolute Gasteiger partial charge is 0.0643 e. The van der Waals surface area contributed by atoms with Crippen molar-refractivity contribution in [3.63, 3.8) is 0 Å². The standard InChI is InChI=1S/C6H16N2O/c1-6(9,2-4-7)3-5-8/h9H,2-5,7-8H2,1H3. The van der Waals surface area contributed by atoms with Crippen molar-refractivity contribution in [3.8, 4) is 0 Å². The molecule has 0 aliphatic carbocycles. The van der Waals surface area contributed by atoms with Gasteiger partial charge in [-0.3, -0.25) is 0 Å². The van der Waals surface area contributed by atoms with E-state index in [0.29, 0.717) is 25.9 Å². The Hall–Kier alpha value is -0.120. The van der Waals surface area contributed by atoms with Crippen molar-refractivity contribution in [3.05, 3.63) is 0 Å². The van der Waals surface area contributed by atoms with Crippen LogP contribution in [-0.4, -0.2) is 23.8 Å². The van der Waals surface area contributed by atoms with Crippen LogP contribution in [0.15, 0.2) is 0 Å². The molecule has 0 saturated heterocycles. The average Bonchev–Trinajstić information content (AvgIpc) is 1.64. The number of rotatable bonds is 4. The summed E-state index contributed by atoms with van der Waals surface area (Å²) in [6.45, 7) is 2.80. The number of nitrogens with two attached hydrogens (primary N) is 2. The topological polar surface area (TPSA) is 72.3 Å². The lowest BCUT2D eigenvalue weighted by Gasteiger charge is -2.20. The first-order chi connectivity index (χ1) is 4.12. The molecule has 0 unspecified atom stereocenters. The number of hydrogen-bond donors (Lipinski definition) is 3. The van der Waals surface area contributed by atoms with Crippen LogP contribution < -0.4 is 11.5 Å². The predicted molar refractivity (Wildman–Crippen MR) is 38.0 cm³/mol. The minimum absolute atomic E-state index is 0.521. The van der Waals surface area contributed by atoms with E-state index in [4.69, 9.17) is 11.5 Å². The van der Waals surface area contributed by atoms with Crippen molar-refractivity contribution < 1.29 is 5.11 Å². The van der Waals surface area contributed by atoms with Crippen LogP contribution in [0.25, 0.3) is 0 Å². The van der Waals surface area contributed by atoms with Gasteiger partial charge in [-0.2, -0.15) is 0 Å². The maximum atomic E-state index is 9.35. The maximum Gasteiger partial charge on any atom is 0.0643 e. The van der Waals surface area contributed by atoms with E-state index < -0.39 is 5.60 Å². The minimum atomic E-state index is -0.649. The first-order valence-corrected chi connectivity index (χ1v) is 3.25. The molecule has 5 N–H and O–H groups in total. The second-order valence-electron chi connectivity index (χ2n) is 2.57. The summed E-state index contributed by atoms with van der Waals surface area (Å²) in [5.74, 6) is 0. The fourth-order valence-electron chi connectivity index (χ4n) is 0.747. The van der Waals surface area contributed by atoms with Gasteiger partial charge in [0.2, 0.25) is 0 Å². The average molecular weight is 132 g/mol. The van der Waals surface area contributed by atoms with Crippen molar-refractivity contribution in [1.29, 1.82) is 0 Å². The summed E-state index contributed by atoms with van der Waals surface area (Å²) in [7, 11) is 0. The SMILES string of the molecule is CC(O)(CCN)CCN. The molecule has 0 heterocycles. The molecular weight excluding hydrogens is 116 g/mol. The summed E-state index contributed by atoms with van der Waals surface area (Å²) in [6.07, 6.45) is 1.26. The van der Waals surface area contributed by atoms with Crippen molar-refractivity contribution in [2.24, 2.45) is 11.5 Å². The second-order valence-corrected chi connectivity index (χ2v) is 2.57. The zero-order valence-electron chi connectivity index (χ0n) is 5.93. The van der Waals surface area contributed by atoms with Crippen molar-refractivity contribution in [2.75, 3.05) is 13.1 Å². The van der Waals surface area contributed by atoms with Gasteiger partial charge in [-0.1, -0.05) is 0 Å². The van der Waals surface area contributed by atoms with E-state index in [1.54, 1.807) is 6.92 Å². The van der Waals surface area contributed by atoms with Gasteiger partial charge < -0.3 is 16.6 Å². The van der Waals surface area contributed by atoms with Crippen molar-refractivity contribution >= 4 is 0 Å². The molecule has 0 aromatic heterocycles. The van der Waals surface area contributed by atoms with Crippen molar-refractivity contribution in [1.82, 2.24) is 0 Å². The fraction of sp³-hybridized carbons (Fsp3) is 1.00.